The fourth-order valence-electron chi connectivity index (χ4n) is 5.48. The molecule has 1 aromatic carbocycles. The van der Waals surface area contributed by atoms with E-state index in [1.54, 1.807) is 0 Å². The molecule has 0 spiro atoms. The number of benzene rings is 1. The lowest BCUT2D eigenvalue weighted by Gasteiger charge is -2.54. The van der Waals surface area contributed by atoms with Crippen LogP contribution in [0, 0.1) is 11.3 Å². The fourth-order valence-corrected chi connectivity index (χ4v) is 5.48. The number of carboxylic acids is 1. The normalized spacial score (nSPS) is 33.2. The third-order valence-corrected chi connectivity index (χ3v) is 6.63. The summed E-state index contributed by atoms with van der Waals surface area (Å²) in [6.07, 6.45) is 4.53. The largest absolute Gasteiger partial charge is 0.508 e. The molecule has 1 aromatic rings. The first kappa shape index (κ1) is 16.4. The van der Waals surface area contributed by atoms with E-state index < -0.39 is 11.4 Å². The standard InChI is InChI=1S/C20H28O3/c1-12(2)17-13-6-9-16-19(3,14(13)7-8-15(17)21)10-5-11-20(16,4)18(22)23/h7-8,12,16,21H,5-6,9-11H2,1-4H3,(H,22,23)/t16?,19-,20+/m1/s1. The van der Waals surface area contributed by atoms with Gasteiger partial charge in [-0.25, -0.2) is 0 Å². The molecule has 1 unspecified atom stereocenters. The second-order valence-electron chi connectivity index (χ2n) is 8.26. The summed E-state index contributed by atoms with van der Waals surface area (Å²) < 4.78 is 0. The van der Waals surface area contributed by atoms with E-state index in [0.29, 0.717) is 5.75 Å². The van der Waals surface area contributed by atoms with Crippen LogP contribution in [0.1, 0.15) is 76.0 Å². The first-order valence-electron chi connectivity index (χ1n) is 8.80. The maximum atomic E-state index is 12.0. The van der Waals surface area contributed by atoms with E-state index in [9.17, 15) is 15.0 Å². The highest BCUT2D eigenvalue weighted by Gasteiger charge is 2.55. The molecule has 3 heteroatoms. The van der Waals surface area contributed by atoms with Crippen molar-refractivity contribution in [1.29, 1.82) is 0 Å². The number of hydrogen-bond acceptors (Lipinski definition) is 2. The topological polar surface area (TPSA) is 57.5 Å². The molecule has 126 valence electrons. The quantitative estimate of drug-likeness (QED) is 0.837. The predicted octanol–water partition coefficient (Wildman–Crippen LogP) is 4.61. The van der Waals surface area contributed by atoms with Crippen molar-refractivity contribution in [2.45, 2.75) is 71.1 Å². The lowest BCUT2D eigenvalue weighted by atomic mass is 9.49. The molecule has 1 saturated carbocycles. The van der Waals surface area contributed by atoms with Crippen LogP contribution in [0.2, 0.25) is 0 Å². The van der Waals surface area contributed by atoms with Gasteiger partial charge in [-0.05, 0) is 72.6 Å². The zero-order valence-electron chi connectivity index (χ0n) is 14.6. The van der Waals surface area contributed by atoms with Gasteiger partial charge in [0, 0.05) is 0 Å². The van der Waals surface area contributed by atoms with E-state index in [0.717, 1.165) is 37.7 Å². The van der Waals surface area contributed by atoms with Gasteiger partial charge in [-0.2, -0.15) is 0 Å². The van der Waals surface area contributed by atoms with Crippen molar-refractivity contribution in [2.24, 2.45) is 11.3 Å². The van der Waals surface area contributed by atoms with Crippen LogP contribution >= 0.6 is 0 Å². The van der Waals surface area contributed by atoms with Gasteiger partial charge in [-0.1, -0.05) is 33.3 Å². The van der Waals surface area contributed by atoms with Gasteiger partial charge >= 0.3 is 5.97 Å². The Morgan fingerprint density at radius 1 is 1.26 bits per heavy atom. The van der Waals surface area contributed by atoms with Gasteiger partial charge in [-0.3, -0.25) is 4.79 Å². The Morgan fingerprint density at radius 3 is 2.57 bits per heavy atom. The molecule has 1 fully saturated rings. The molecule has 2 aliphatic rings. The zero-order valence-corrected chi connectivity index (χ0v) is 14.6. The van der Waals surface area contributed by atoms with Gasteiger partial charge < -0.3 is 10.2 Å². The Labute approximate surface area is 138 Å². The van der Waals surface area contributed by atoms with Crippen molar-refractivity contribution in [3.63, 3.8) is 0 Å². The zero-order chi connectivity index (χ0) is 17.0. The summed E-state index contributed by atoms with van der Waals surface area (Å²) in [5.41, 5.74) is 2.87. The van der Waals surface area contributed by atoms with Gasteiger partial charge in [0.1, 0.15) is 5.75 Å². The third kappa shape index (κ3) is 2.20. The maximum absolute atomic E-state index is 12.0. The second-order valence-corrected chi connectivity index (χ2v) is 8.26. The van der Waals surface area contributed by atoms with Gasteiger partial charge in [0.05, 0.1) is 5.41 Å². The SMILES string of the molecule is CC(C)c1c(O)ccc2c1CCC1[C@@](C)(C(=O)O)CCC[C@]21C. The van der Waals surface area contributed by atoms with Crippen LogP contribution in [0.5, 0.6) is 5.75 Å². The Morgan fingerprint density at radius 2 is 1.96 bits per heavy atom. The summed E-state index contributed by atoms with van der Waals surface area (Å²) in [6, 6.07) is 3.87. The van der Waals surface area contributed by atoms with Crippen LogP contribution in [-0.2, 0) is 16.6 Å². The Balaban J connectivity index is 2.17. The molecule has 2 N–H and O–H groups in total. The van der Waals surface area contributed by atoms with Gasteiger partial charge in [0.2, 0.25) is 0 Å². The molecule has 0 saturated heterocycles. The number of aliphatic carboxylic acids is 1. The number of rotatable bonds is 2. The third-order valence-electron chi connectivity index (χ3n) is 6.63. The molecule has 23 heavy (non-hydrogen) atoms. The van der Waals surface area contributed by atoms with Crippen LogP contribution < -0.4 is 0 Å². The maximum Gasteiger partial charge on any atom is 0.309 e. The molecule has 0 bridgehead atoms. The molecule has 0 amide bonds. The average molecular weight is 316 g/mol. The number of phenols is 1. The van der Waals surface area contributed by atoms with E-state index >= 15 is 0 Å². The summed E-state index contributed by atoms with van der Waals surface area (Å²) in [7, 11) is 0. The number of fused-ring (bicyclic) bond motifs is 3. The van der Waals surface area contributed by atoms with Crippen molar-refractivity contribution in [3.8, 4) is 5.75 Å². The van der Waals surface area contributed by atoms with Gasteiger partial charge in [0.25, 0.3) is 0 Å². The Kier molecular flexibility index (Phi) is 3.74. The Hall–Kier alpha value is -1.51. The number of hydrogen-bond donors (Lipinski definition) is 2. The van der Waals surface area contributed by atoms with Crippen molar-refractivity contribution in [2.75, 3.05) is 0 Å². The van der Waals surface area contributed by atoms with E-state index in [1.807, 2.05) is 13.0 Å². The van der Waals surface area contributed by atoms with E-state index in [1.165, 1.54) is 11.1 Å². The minimum absolute atomic E-state index is 0.101. The summed E-state index contributed by atoms with van der Waals surface area (Å²) in [6.45, 7) is 8.42. The van der Waals surface area contributed by atoms with Crippen LogP contribution in [0.4, 0.5) is 0 Å². The molecule has 3 rings (SSSR count). The summed E-state index contributed by atoms with van der Waals surface area (Å²) in [5, 5.41) is 20.2. The van der Waals surface area contributed by atoms with Crippen molar-refractivity contribution in [1.82, 2.24) is 0 Å². The highest BCUT2D eigenvalue weighted by molar-refractivity contribution is 5.75. The summed E-state index contributed by atoms with van der Waals surface area (Å²) >= 11 is 0. The molecule has 0 radical (unpaired) electrons. The average Bonchev–Trinajstić information content (AvgIpc) is 2.45. The minimum Gasteiger partial charge on any atom is -0.508 e. The minimum atomic E-state index is -0.653. The van der Waals surface area contributed by atoms with Crippen molar-refractivity contribution in [3.05, 3.63) is 28.8 Å². The molecule has 0 heterocycles. The van der Waals surface area contributed by atoms with Gasteiger partial charge in [-0.15, -0.1) is 0 Å². The molecular weight excluding hydrogens is 288 g/mol. The number of phenolic OH excluding ortho intramolecular Hbond substituents is 1. The predicted molar refractivity (Wildman–Crippen MR) is 91.0 cm³/mol. The smallest absolute Gasteiger partial charge is 0.309 e. The van der Waals surface area contributed by atoms with Crippen LogP contribution in [0.15, 0.2) is 12.1 Å². The fraction of sp³-hybridized carbons (Fsp3) is 0.650. The first-order valence-corrected chi connectivity index (χ1v) is 8.80. The lowest BCUT2D eigenvalue weighted by molar-refractivity contribution is -0.157. The monoisotopic (exact) mass is 316 g/mol. The Bertz CT molecular complexity index is 649. The molecule has 2 aliphatic carbocycles. The van der Waals surface area contributed by atoms with Crippen molar-refractivity contribution >= 4 is 5.97 Å². The number of aromatic hydroxyl groups is 1. The molecule has 3 nitrogen and oxygen atoms in total. The van der Waals surface area contributed by atoms with Gasteiger partial charge in [0.15, 0.2) is 0 Å². The number of carbonyl (C=O) groups is 1. The molecule has 0 aliphatic heterocycles. The number of carboxylic acid groups (broad SMARTS) is 1. The van der Waals surface area contributed by atoms with E-state index in [2.05, 4.69) is 26.8 Å². The second kappa shape index (κ2) is 5.25. The molecule has 0 aromatic heterocycles. The van der Waals surface area contributed by atoms with Crippen molar-refractivity contribution < 1.29 is 15.0 Å². The van der Waals surface area contributed by atoms with Crippen LogP contribution in [0.3, 0.4) is 0 Å². The first-order chi connectivity index (χ1) is 10.7. The molecule has 3 atom stereocenters. The summed E-state index contributed by atoms with van der Waals surface area (Å²) in [5.74, 6) is 0.176. The highest BCUT2D eigenvalue weighted by atomic mass is 16.4. The van der Waals surface area contributed by atoms with Crippen LogP contribution in [-0.4, -0.2) is 16.2 Å². The lowest BCUT2D eigenvalue weighted by Crippen LogP contribution is -2.52. The highest BCUT2D eigenvalue weighted by Crippen LogP contribution is 2.58. The van der Waals surface area contributed by atoms with E-state index in [-0.39, 0.29) is 17.3 Å². The van der Waals surface area contributed by atoms with Crippen LogP contribution in [0.25, 0.3) is 0 Å². The summed E-state index contributed by atoms with van der Waals surface area (Å²) in [4.78, 5) is 12.0. The van der Waals surface area contributed by atoms with E-state index in [4.69, 9.17) is 0 Å². The molecular formula is C20H28O3.